The van der Waals surface area contributed by atoms with Crippen molar-refractivity contribution in [1.82, 2.24) is 10.2 Å². The van der Waals surface area contributed by atoms with Gasteiger partial charge in [-0.05, 0) is 61.8 Å². The average molecular weight is 463 g/mol. The van der Waals surface area contributed by atoms with Crippen LogP contribution in [0, 0.1) is 0 Å². The minimum atomic E-state index is -4.44. The lowest BCUT2D eigenvalue weighted by molar-refractivity contribution is -0.138. The Morgan fingerprint density at radius 3 is 2.70 bits per heavy atom. The summed E-state index contributed by atoms with van der Waals surface area (Å²) in [5.41, 5.74) is 1.98. The average Bonchev–Trinajstić information content (AvgIpc) is 3.00. The number of hydrogen-bond donors (Lipinski definition) is 2. The lowest BCUT2D eigenvalue weighted by Crippen LogP contribution is -2.27. The number of aliphatic hydroxyl groups is 1. The highest BCUT2D eigenvalue weighted by Gasteiger charge is 2.37. The molecule has 2 fully saturated rings. The van der Waals surface area contributed by atoms with Gasteiger partial charge < -0.3 is 15.3 Å². The van der Waals surface area contributed by atoms with Gasteiger partial charge >= 0.3 is 6.18 Å². The van der Waals surface area contributed by atoms with Crippen LogP contribution in [0.3, 0.4) is 0 Å². The van der Waals surface area contributed by atoms with Crippen molar-refractivity contribution in [3.05, 3.63) is 71.0 Å². The Kier molecular flexibility index (Phi) is 8.92. The van der Waals surface area contributed by atoms with Crippen LogP contribution >= 0.6 is 0 Å². The Morgan fingerprint density at radius 1 is 1.18 bits per heavy atom. The van der Waals surface area contributed by atoms with Crippen LogP contribution in [-0.4, -0.2) is 48.6 Å². The number of nitrogens with zero attached hydrogens (tertiary/aromatic N) is 1. The highest BCUT2D eigenvalue weighted by Crippen LogP contribution is 2.41. The first-order chi connectivity index (χ1) is 15.8. The van der Waals surface area contributed by atoms with E-state index in [1.807, 2.05) is 0 Å². The summed E-state index contributed by atoms with van der Waals surface area (Å²) in [7, 11) is 0. The third kappa shape index (κ3) is 7.05. The Balaban J connectivity index is 1.53. The second-order valence-electron chi connectivity index (χ2n) is 8.80. The Bertz CT molecular complexity index is 885. The fourth-order valence-corrected chi connectivity index (χ4v) is 4.70. The second-order valence-corrected chi connectivity index (χ2v) is 8.80. The first-order valence-corrected chi connectivity index (χ1v) is 11.6. The molecule has 1 aliphatic heterocycles. The number of rotatable bonds is 7. The van der Waals surface area contributed by atoms with Gasteiger partial charge in [-0.25, -0.2) is 0 Å². The van der Waals surface area contributed by atoms with Crippen LogP contribution in [0.1, 0.15) is 55.6 Å². The van der Waals surface area contributed by atoms with Gasteiger partial charge in [0, 0.05) is 37.8 Å². The van der Waals surface area contributed by atoms with Crippen LogP contribution in [0.2, 0.25) is 0 Å². The number of alkyl halides is 3. The SMILES string of the molecule is C=C1CC(c2ccccc2C(F)(F)F)CC(=O)/C1=C\NCC/C=C1/CCCN(CCO)CC1. The van der Waals surface area contributed by atoms with E-state index in [1.165, 1.54) is 17.7 Å². The number of Topliss-reactive ketones (excluding diaryl/α,β-unsaturated/α-hetero) is 1. The molecule has 2 N–H and O–H groups in total. The number of ketones is 1. The third-order valence-electron chi connectivity index (χ3n) is 6.42. The van der Waals surface area contributed by atoms with Crippen LogP contribution in [0.4, 0.5) is 13.2 Å². The van der Waals surface area contributed by atoms with E-state index in [4.69, 9.17) is 5.11 Å². The number of aliphatic hydroxyl groups excluding tert-OH is 1. The molecule has 3 rings (SSSR count). The fourth-order valence-electron chi connectivity index (χ4n) is 4.70. The molecule has 0 radical (unpaired) electrons. The molecule has 2 aliphatic rings. The van der Waals surface area contributed by atoms with Gasteiger partial charge in [0.15, 0.2) is 5.78 Å². The van der Waals surface area contributed by atoms with Gasteiger partial charge in [0.2, 0.25) is 0 Å². The largest absolute Gasteiger partial charge is 0.416 e. The van der Waals surface area contributed by atoms with Gasteiger partial charge in [0.05, 0.1) is 12.2 Å². The van der Waals surface area contributed by atoms with Gasteiger partial charge in [-0.2, -0.15) is 13.2 Å². The summed E-state index contributed by atoms with van der Waals surface area (Å²) in [6.45, 7) is 7.55. The molecular formula is C26H33F3N2O2. The smallest absolute Gasteiger partial charge is 0.395 e. The van der Waals surface area contributed by atoms with Gasteiger partial charge in [0.1, 0.15) is 0 Å². The van der Waals surface area contributed by atoms with Crippen molar-refractivity contribution in [3.8, 4) is 0 Å². The molecule has 0 bridgehead atoms. The van der Waals surface area contributed by atoms with Crippen molar-refractivity contribution in [2.45, 2.75) is 50.6 Å². The number of carbonyl (C=O) groups is 1. The molecule has 7 heteroatoms. The van der Waals surface area contributed by atoms with Gasteiger partial charge in [-0.1, -0.05) is 36.4 Å². The number of nitrogens with one attached hydrogen (secondary N) is 1. The number of halogens is 3. The number of β-amino-alcohol motifs (C(OH)–C–C–N with tert-alkyl or cyclic N) is 1. The van der Waals surface area contributed by atoms with E-state index in [9.17, 15) is 18.0 Å². The summed E-state index contributed by atoms with van der Waals surface area (Å²) in [6.07, 6.45) is 3.87. The number of allylic oxidation sites excluding steroid dienone is 2. The zero-order valence-electron chi connectivity index (χ0n) is 19.0. The van der Waals surface area contributed by atoms with E-state index < -0.39 is 17.7 Å². The molecule has 4 nitrogen and oxygen atoms in total. The van der Waals surface area contributed by atoms with Gasteiger partial charge in [-0.15, -0.1) is 0 Å². The van der Waals surface area contributed by atoms with E-state index in [-0.39, 0.29) is 24.4 Å². The van der Waals surface area contributed by atoms with E-state index in [1.54, 1.807) is 12.3 Å². The monoisotopic (exact) mass is 462 g/mol. The van der Waals surface area contributed by atoms with Crippen molar-refractivity contribution in [3.63, 3.8) is 0 Å². The number of hydrogen-bond acceptors (Lipinski definition) is 4. The van der Waals surface area contributed by atoms with E-state index in [2.05, 4.69) is 22.9 Å². The molecule has 1 aromatic rings. The minimum absolute atomic E-state index is 0.0496. The van der Waals surface area contributed by atoms with Crippen LogP contribution in [0.25, 0.3) is 0 Å². The van der Waals surface area contributed by atoms with Gasteiger partial charge in [-0.3, -0.25) is 4.79 Å². The topological polar surface area (TPSA) is 52.6 Å². The van der Waals surface area contributed by atoms with Crippen molar-refractivity contribution in [1.29, 1.82) is 0 Å². The van der Waals surface area contributed by atoms with Crippen LogP contribution in [-0.2, 0) is 11.0 Å². The molecule has 0 amide bonds. The summed E-state index contributed by atoms with van der Waals surface area (Å²) < 4.78 is 40.1. The first kappa shape index (κ1) is 25.2. The molecule has 1 saturated heterocycles. The molecule has 1 atom stereocenters. The van der Waals surface area contributed by atoms with Crippen molar-refractivity contribution < 1.29 is 23.1 Å². The molecule has 1 heterocycles. The van der Waals surface area contributed by atoms with E-state index >= 15 is 0 Å². The summed E-state index contributed by atoms with van der Waals surface area (Å²) in [4.78, 5) is 15.0. The van der Waals surface area contributed by atoms with E-state index in [0.29, 0.717) is 24.1 Å². The van der Waals surface area contributed by atoms with Crippen LogP contribution < -0.4 is 5.32 Å². The zero-order chi connectivity index (χ0) is 23.8. The predicted octanol–water partition coefficient (Wildman–Crippen LogP) is 4.98. The van der Waals surface area contributed by atoms with Crippen molar-refractivity contribution in [2.75, 3.05) is 32.8 Å². The third-order valence-corrected chi connectivity index (χ3v) is 6.42. The van der Waals surface area contributed by atoms with Gasteiger partial charge in [0.25, 0.3) is 0 Å². The molecule has 1 unspecified atom stereocenters. The Hall–Kier alpha value is -2.38. The lowest BCUT2D eigenvalue weighted by atomic mass is 9.77. The highest BCUT2D eigenvalue weighted by atomic mass is 19.4. The standard InChI is InChI=1S/C26H33F3N2O2/c1-19-16-21(22-8-2-3-9-24(22)26(27,28)29)17-25(33)23(19)18-30-11-4-6-20-7-5-12-31(13-10-20)14-15-32/h2-3,6,8-9,18,21,30,32H,1,4-5,7,10-17H2/b20-6-,23-18-. The maximum Gasteiger partial charge on any atom is 0.416 e. The maximum atomic E-state index is 13.4. The summed E-state index contributed by atoms with van der Waals surface area (Å²) in [5.74, 6) is -0.683. The molecule has 1 aromatic carbocycles. The second kappa shape index (κ2) is 11.7. The Labute approximate surface area is 193 Å². The van der Waals surface area contributed by atoms with Crippen molar-refractivity contribution in [2.24, 2.45) is 0 Å². The summed E-state index contributed by atoms with van der Waals surface area (Å²) in [6, 6.07) is 5.49. The molecule has 1 aliphatic carbocycles. The summed E-state index contributed by atoms with van der Waals surface area (Å²) in [5, 5.41) is 12.3. The van der Waals surface area contributed by atoms with Crippen molar-refractivity contribution >= 4 is 5.78 Å². The lowest BCUT2D eigenvalue weighted by Gasteiger charge is -2.27. The number of benzene rings is 1. The predicted molar refractivity (Wildman–Crippen MR) is 124 cm³/mol. The van der Waals surface area contributed by atoms with Crippen LogP contribution in [0.5, 0.6) is 0 Å². The van der Waals surface area contributed by atoms with Crippen LogP contribution in [0.15, 0.2) is 59.8 Å². The normalized spacial score (nSPS) is 23.2. The molecule has 0 aromatic heterocycles. The fraction of sp³-hybridized carbons (Fsp3) is 0.500. The zero-order valence-corrected chi connectivity index (χ0v) is 19.0. The number of carbonyl (C=O) groups excluding carboxylic acids is 1. The molecular weight excluding hydrogens is 429 g/mol. The molecule has 33 heavy (non-hydrogen) atoms. The minimum Gasteiger partial charge on any atom is -0.395 e. The quantitative estimate of drug-likeness (QED) is 0.341. The molecule has 1 saturated carbocycles. The van der Waals surface area contributed by atoms with E-state index in [0.717, 1.165) is 51.4 Å². The molecule has 180 valence electrons. The maximum absolute atomic E-state index is 13.4. The molecule has 0 spiro atoms. The number of likely N-dealkylation sites (tertiary alicyclic amines) is 1. The Morgan fingerprint density at radius 2 is 1.97 bits per heavy atom. The first-order valence-electron chi connectivity index (χ1n) is 11.6. The summed E-state index contributed by atoms with van der Waals surface area (Å²) >= 11 is 0. The highest BCUT2D eigenvalue weighted by molar-refractivity contribution is 6.01.